The van der Waals surface area contributed by atoms with Crippen molar-refractivity contribution in [3.63, 3.8) is 0 Å². The summed E-state index contributed by atoms with van der Waals surface area (Å²) in [6.07, 6.45) is 4.28. The first kappa shape index (κ1) is 23.3. The maximum absolute atomic E-state index is 13.0. The molecule has 1 spiro atoms. The Morgan fingerprint density at radius 1 is 1.19 bits per heavy atom. The summed E-state index contributed by atoms with van der Waals surface area (Å²) in [6, 6.07) is 4.00. The van der Waals surface area contributed by atoms with Crippen LogP contribution in [0.2, 0.25) is 0 Å². The summed E-state index contributed by atoms with van der Waals surface area (Å²) in [4.78, 5) is 39.0. The highest BCUT2D eigenvalue weighted by Gasteiger charge is 2.55. The van der Waals surface area contributed by atoms with E-state index in [9.17, 15) is 14.4 Å². The average molecular weight is 428 g/mol. The molecule has 0 aromatic heterocycles. The van der Waals surface area contributed by atoms with Crippen LogP contribution in [-0.2, 0) is 21.4 Å². The predicted octanol–water partition coefficient (Wildman–Crippen LogP) is 3.76. The van der Waals surface area contributed by atoms with Crippen molar-refractivity contribution in [2.45, 2.75) is 84.6 Å². The molecule has 4 amide bonds. The number of rotatable bonds is 5. The minimum Gasteiger partial charge on any atom is -0.354 e. The number of benzene rings is 1. The van der Waals surface area contributed by atoms with Gasteiger partial charge in [-0.2, -0.15) is 0 Å². The number of carbonyl (C=O) groups is 3. The van der Waals surface area contributed by atoms with Crippen LogP contribution in [0.15, 0.2) is 12.1 Å². The first-order valence-corrected chi connectivity index (χ1v) is 11.5. The lowest BCUT2D eigenvalue weighted by Crippen LogP contribution is -2.54. The number of amides is 4. The Labute approximate surface area is 186 Å². The minimum atomic E-state index is -0.821. The molecule has 1 saturated carbocycles. The van der Waals surface area contributed by atoms with Crippen LogP contribution >= 0.6 is 0 Å². The second-order valence-electron chi connectivity index (χ2n) is 10.4. The zero-order valence-electron chi connectivity index (χ0n) is 19.9. The van der Waals surface area contributed by atoms with E-state index in [-0.39, 0.29) is 29.7 Å². The molecule has 1 heterocycles. The number of nitrogens with one attached hydrogen (secondary N) is 2. The molecular weight excluding hydrogens is 390 g/mol. The molecule has 2 aliphatic rings. The van der Waals surface area contributed by atoms with Gasteiger partial charge in [0.05, 0.1) is 0 Å². The fraction of sp³-hybridized carbons (Fsp3) is 0.640. The van der Waals surface area contributed by atoms with E-state index < -0.39 is 11.6 Å². The lowest BCUT2D eigenvalue weighted by Gasteiger charge is -2.36. The van der Waals surface area contributed by atoms with Gasteiger partial charge in [0.25, 0.3) is 5.91 Å². The van der Waals surface area contributed by atoms with Crippen molar-refractivity contribution in [3.05, 3.63) is 34.4 Å². The summed E-state index contributed by atoms with van der Waals surface area (Å²) >= 11 is 0. The van der Waals surface area contributed by atoms with Gasteiger partial charge in [0.1, 0.15) is 12.1 Å². The summed E-state index contributed by atoms with van der Waals surface area (Å²) in [5.74, 6) is -0.456. The molecule has 2 atom stereocenters. The highest BCUT2D eigenvalue weighted by molar-refractivity contribution is 6.09. The van der Waals surface area contributed by atoms with Crippen molar-refractivity contribution in [1.29, 1.82) is 0 Å². The van der Waals surface area contributed by atoms with E-state index in [1.54, 1.807) is 0 Å². The number of hydrogen-bond donors (Lipinski definition) is 2. The van der Waals surface area contributed by atoms with Crippen LogP contribution in [0.25, 0.3) is 0 Å². The maximum Gasteiger partial charge on any atom is 0.325 e. The number of aryl methyl sites for hydroxylation is 2. The third kappa shape index (κ3) is 4.63. The monoisotopic (exact) mass is 427 g/mol. The highest BCUT2D eigenvalue weighted by Crippen LogP contribution is 2.38. The first-order valence-electron chi connectivity index (χ1n) is 11.5. The second-order valence-corrected chi connectivity index (χ2v) is 10.4. The molecule has 6 heteroatoms. The number of hydrogen-bond acceptors (Lipinski definition) is 3. The topological polar surface area (TPSA) is 78.5 Å². The summed E-state index contributed by atoms with van der Waals surface area (Å²) in [5, 5.41) is 5.78. The van der Waals surface area contributed by atoms with E-state index in [1.165, 1.54) is 22.3 Å². The molecule has 1 saturated heterocycles. The van der Waals surface area contributed by atoms with E-state index in [1.807, 2.05) is 6.92 Å². The smallest absolute Gasteiger partial charge is 0.325 e. The number of imide groups is 1. The lowest BCUT2D eigenvalue weighted by atomic mass is 9.73. The Morgan fingerprint density at radius 2 is 1.84 bits per heavy atom. The number of carbonyl (C=O) groups excluding carboxylic acids is 3. The molecule has 1 aromatic rings. The molecule has 1 aliphatic heterocycles. The average Bonchev–Trinajstić information content (AvgIpc) is 2.90. The van der Waals surface area contributed by atoms with Crippen LogP contribution < -0.4 is 10.6 Å². The molecule has 0 radical (unpaired) electrons. The fourth-order valence-corrected chi connectivity index (χ4v) is 4.99. The van der Waals surface area contributed by atoms with Gasteiger partial charge >= 0.3 is 6.03 Å². The Bertz CT molecular complexity index is 863. The van der Waals surface area contributed by atoms with Crippen LogP contribution in [-0.4, -0.2) is 41.4 Å². The zero-order chi connectivity index (χ0) is 23.0. The summed E-state index contributed by atoms with van der Waals surface area (Å²) in [7, 11) is 0. The van der Waals surface area contributed by atoms with Crippen molar-refractivity contribution in [3.8, 4) is 0 Å². The third-order valence-electron chi connectivity index (χ3n) is 7.06. The van der Waals surface area contributed by atoms with Gasteiger partial charge in [-0.15, -0.1) is 0 Å². The van der Waals surface area contributed by atoms with Gasteiger partial charge in [0.15, 0.2) is 0 Å². The van der Waals surface area contributed by atoms with Crippen LogP contribution in [0.5, 0.6) is 0 Å². The van der Waals surface area contributed by atoms with E-state index in [0.717, 1.165) is 30.6 Å². The second kappa shape index (κ2) is 8.64. The molecular formula is C25H37N3O3. The first-order chi connectivity index (χ1) is 14.5. The van der Waals surface area contributed by atoms with Gasteiger partial charge in [0, 0.05) is 6.54 Å². The van der Waals surface area contributed by atoms with Crippen molar-refractivity contribution in [2.75, 3.05) is 13.1 Å². The van der Waals surface area contributed by atoms with Gasteiger partial charge in [-0.3, -0.25) is 14.5 Å². The number of urea groups is 1. The molecule has 6 nitrogen and oxygen atoms in total. The van der Waals surface area contributed by atoms with Crippen LogP contribution in [0.4, 0.5) is 4.79 Å². The van der Waals surface area contributed by atoms with Gasteiger partial charge in [-0.05, 0) is 66.7 Å². The van der Waals surface area contributed by atoms with Gasteiger partial charge in [0.2, 0.25) is 5.91 Å². The summed E-state index contributed by atoms with van der Waals surface area (Å²) in [5.41, 5.74) is 4.26. The van der Waals surface area contributed by atoms with Gasteiger partial charge < -0.3 is 10.6 Å². The third-order valence-corrected chi connectivity index (χ3v) is 7.06. The molecule has 31 heavy (non-hydrogen) atoms. The predicted molar refractivity (Wildman–Crippen MR) is 122 cm³/mol. The van der Waals surface area contributed by atoms with E-state index in [0.29, 0.717) is 13.0 Å². The van der Waals surface area contributed by atoms with Crippen molar-refractivity contribution in [1.82, 2.24) is 15.5 Å². The molecule has 3 rings (SSSR count). The minimum absolute atomic E-state index is 0.0905. The van der Waals surface area contributed by atoms with Crippen molar-refractivity contribution in [2.24, 2.45) is 5.92 Å². The zero-order valence-corrected chi connectivity index (χ0v) is 19.9. The van der Waals surface area contributed by atoms with Gasteiger partial charge in [-0.1, -0.05) is 52.7 Å². The largest absolute Gasteiger partial charge is 0.354 e. The molecule has 0 unspecified atom stereocenters. The van der Waals surface area contributed by atoms with E-state index in [2.05, 4.69) is 57.4 Å². The molecule has 1 aliphatic carbocycles. The summed E-state index contributed by atoms with van der Waals surface area (Å²) < 4.78 is 0. The van der Waals surface area contributed by atoms with E-state index in [4.69, 9.17) is 0 Å². The van der Waals surface area contributed by atoms with Crippen LogP contribution in [0.1, 0.15) is 75.6 Å². The molecule has 0 bridgehead atoms. The quantitative estimate of drug-likeness (QED) is 0.703. The molecule has 170 valence electrons. The SMILES string of the molecule is Cc1cc(C(C)(C)C)cc(C)c1CCNC(=O)CN1C(=O)N[C@]2(CCCC[C@@H]2C)C1=O. The fourth-order valence-electron chi connectivity index (χ4n) is 4.99. The lowest BCUT2D eigenvalue weighted by molar-refractivity contribution is -0.137. The van der Waals surface area contributed by atoms with Crippen molar-refractivity contribution < 1.29 is 14.4 Å². The van der Waals surface area contributed by atoms with E-state index >= 15 is 0 Å². The Hall–Kier alpha value is -2.37. The van der Waals surface area contributed by atoms with Crippen molar-refractivity contribution >= 4 is 17.8 Å². The highest BCUT2D eigenvalue weighted by atomic mass is 16.2. The Morgan fingerprint density at radius 3 is 2.42 bits per heavy atom. The standard InChI is InChI=1S/C25H37N3O3/c1-16-13-19(24(4,5)6)14-17(2)20(16)10-12-26-21(29)15-28-22(30)25(27-23(28)31)11-8-7-9-18(25)3/h13-14,18H,7-12,15H2,1-6H3,(H,26,29)(H,27,31)/t18-,25-/m0/s1. The Balaban J connectivity index is 1.58. The molecule has 2 N–H and O–H groups in total. The maximum atomic E-state index is 13.0. The van der Waals surface area contributed by atoms with Gasteiger partial charge in [-0.25, -0.2) is 4.79 Å². The summed E-state index contributed by atoms with van der Waals surface area (Å²) in [6.45, 7) is 13.1. The molecule has 2 fully saturated rings. The molecule has 1 aromatic carbocycles. The van der Waals surface area contributed by atoms with Crippen LogP contribution in [0, 0.1) is 19.8 Å². The normalized spacial score (nSPS) is 23.9. The van der Waals surface area contributed by atoms with Crippen LogP contribution in [0.3, 0.4) is 0 Å². The number of nitrogens with zero attached hydrogens (tertiary/aromatic N) is 1. The Kier molecular flexibility index (Phi) is 6.49.